The van der Waals surface area contributed by atoms with Crippen LogP contribution in [0.15, 0.2) is 24.7 Å². The Hall–Kier alpha value is -1.91. The van der Waals surface area contributed by atoms with Gasteiger partial charge in [0.05, 0.1) is 0 Å². The number of nitrogen functional groups attached to an aromatic ring is 1. The van der Waals surface area contributed by atoms with Crippen LogP contribution in [0, 0.1) is 0 Å². The zero-order valence-electron chi connectivity index (χ0n) is 7.88. The summed E-state index contributed by atoms with van der Waals surface area (Å²) in [5.74, 6) is 1.18. The lowest BCUT2D eigenvalue weighted by molar-refractivity contribution is 0.659. The van der Waals surface area contributed by atoms with Crippen molar-refractivity contribution >= 4 is 5.82 Å². The number of nitrogens with two attached hydrogens (primary N) is 1. The largest absolute Gasteiger partial charge is 0.384 e. The third kappa shape index (κ3) is 1.56. The van der Waals surface area contributed by atoms with E-state index >= 15 is 0 Å². The van der Waals surface area contributed by atoms with Gasteiger partial charge in [-0.2, -0.15) is 5.10 Å². The van der Waals surface area contributed by atoms with Crippen molar-refractivity contribution in [3.63, 3.8) is 0 Å². The molecule has 2 heterocycles. The topological polar surface area (TPSA) is 69.6 Å². The molecule has 0 saturated heterocycles. The fraction of sp³-hybridized carbons (Fsp3) is 0.222. The molecule has 0 radical (unpaired) electrons. The van der Waals surface area contributed by atoms with E-state index in [0.717, 1.165) is 12.1 Å². The predicted octanol–water partition coefficient (Wildman–Crippen LogP) is 0.942. The van der Waals surface area contributed by atoms with Crippen LogP contribution in [0.3, 0.4) is 0 Å². The van der Waals surface area contributed by atoms with E-state index < -0.39 is 0 Å². The maximum Gasteiger partial charge on any atom is 0.182 e. The fourth-order valence-corrected chi connectivity index (χ4v) is 1.12. The van der Waals surface area contributed by atoms with Crippen molar-refractivity contribution in [2.75, 3.05) is 5.73 Å². The first-order chi connectivity index (χ1) is 6.79. The zero-order chi connectivity index (χ0) is 9.97. The van der Waals surface area contributed by atoms with Crippen LogP contribution in [0.5, 0.6) is 0 Å². The van der Waals surface area contributed by atoms with Crippen LogP contribution >= 0.6 is 0 Å². The maximum absolute atomic E-state index is 5.48. The molecular formula is C9H11N5. The summed E-state index contributed by atoms with van der Waals surface area (Å²) in [7, 11) is 0. The minimum Gasteiger partial charge on any atom is -0.384 e. The molecule has 14 heavy (non-hydrogen) atoms. The Balaban J connectivity index is 2.34. The van der Waals surface area contributed by atoms with Crippen molar-refractivity contribution in [2.24, 2.45) is 0 Å². The van der Waals surface area contributed by atoms with Crippen LogP contribution in [0.4, 0.5) is 5.82 Å². The van der Waals surface area contributed by atoms with Crippen molar-refractivity contribution in [1.82, 2.24) is 19.7 Å². The molecule has 0 amide bonds. The van der Waals surface area contributed by atoms with Gasteiger partial charge in [0.2, 0.25) is 0 Å². The Morgan fingerprint density at radius 1 is 1.36 bits per heavy atom. The van der Waals surface area contributed by atoms with Crippen LogP contribution in [-0.2, 0) is 6.54 Å². The second-order valence-electron chi connectivity index (χ2n) is 2.90. The van der Waals surface area contributed by atoms with E-state index in [9.17, 15) is 0 Å². The van der Waals surface area contributed by atoms with E-state index in [-0.39, 0.29) is 0 Å². The minimum atomic E-state index is 0.503. The van der Waals surface area contributed by atoms with Crippen molar-refractivity contribution in [1.29, 1.82) is 0 Å². The second kappa shape index (κ2) is 3.45. The van der Waals surface area contributed by atoms with Gasteiger partial charge in [0.1, 0.15) is 12.1 Å². The molecule has 0 aromatic carbocycles. The van der Waals surface area contributed by atoms with Gasteiger partial charge < -0.3 is 5.73 Å². The van der Waals surface area contributed by atoms with Crippen LogP contribution in [0.1, 0.15) is 6.92 Å². The SMILES string of the molecule is CCn1cnc(-c2ccc(N)nc2)n1. The molecule has 0 aliphatic rings. The molecule has 0 aliphatic heterocycles. The summed E-state index contributed by atoms with van der Waals surface area (Å²) in [6.07, 6.45) is 3.37. The third-order valence-electron chi connectivity index (χ3n) is 1.91. The van der Waals surface area contributed by atoms with Gasteiger partial charge in [-0.15, -0.1) is 0 Å². The molecule has 2 aromatic rings. The van der Waals surface area contributed by atoms with Gasteiger partial charge in [0.15, 0.2) is 5.82 Å². The maximum atomic E-state index is 5.48. The average Bonchev–Trinajstić information content (AvgIpc) is 2.67. The highest BCUT2D eigenvalue weighted by atomic mass is 15.3. The Morgan fingerprint density at radius 2 is 2.21 bits per heavy atom. The molecule has 2 rings (SSSR count). The first-order valence-electron chi connectivity index (χ1n) is 4.41. The Bertz CT molecular complexity index is 417. The third-order valence-corrected chi connectivity index (χ3v) is 1.91. The Morgan fingerprint density at radius 3 is 2.79 bits per heavy atom. The number of pyridine rings is 1. The van der Waals surface area contributed by atoms with E-state index in [0.29, 0.717) is 11.6 Å². The van der Waals surface area contributed by atoms with E-state index in [1.807, 2.05) is 13.0 Å². The predicted molar refractivity (Wildman–Crippen MR) is 53.3 cm³/mol. The molecule has 0 fully saturated rings. The monoisotopic (exact) mass is 189 g/mol. The van der Waals surface area contributed by atoms with Crippen molar-refractivity contribution in [3.05, 3.63) is 24.7 Å². The number of hydrogen-bond donors (Lipinski definition) is 1. The fourth-order valence-electron chi connectivity index (χ4n) is 1.12. The summed E-state index contributed by atoms with van der Waals surface area (Å²) in [5.41, 5.74) is 6.36. The molecular weight excluding hydrogens is 178 g/mol. The van der Waals surface area contributed by atoms with E-state index in [2.05, 4.69) is 15.1 Å². The molecule has 0 aliphatic carbocycles. The summed E-state index contributed by atoms with van der Waals surface area (Å²) >= 11 is 0. The molecule has 0 spiro atoms. The van der Waals surface area contributed by atoms with Crippen molar-refractivity contribution in [2.45, 2.75) is 13.5 Å². The highest BCUT2D eigenvalue weighted by molar-refractivity contribution is 5.54. The number of anilines is 1. The van der Waals surface area contributed by atoms with Crippen molar-refractivity contribution in [3.8, 4) is 11.4 Å². The van der Waals surface area contributed by atoms with Gasteiger partial charge in [-0.25, -0.2) is 9.97 Å². The standard InChI is InChI=1S/C9H11N5/c1-2-14-6-12-9(13-14)7-3-4-8(10)11-5-7/h3-6H,2H2,1H3,(H2,10,11). The minimum absolute atomic E-state index is 0.503. The number of aryl methyl sites for hydroxylation is 1. The molecule has 0 atom stereocenters. The summed E-state index contributed by atoms with van der Waals surface area (Å²) in [6, 6.07) is 3.60. The van der Waals surface area contributed by atoms with E-state index in [1.54, 1.807) is 23.3 Å². The number of aromatic nitrogens is 4. The zero-order valence-corrected chi connectivity index (χ0v) is 7.88. The smallest absolute Gasteiger partial charge is 0.182 e. The van der Waals surface area contributed by atoms with Gasteiger partial charge in [-0.1, -0.05) is 0 Å². The molecule has 2 aromatic heterocycles. The molecule has 0 bridgehead atoms. The Labute approximate surface area is 81.6 Å². The van der Waals surface area contributed by atoms with Gasteiger partial charge in [0, 0.05) is 18.3 Å². The number of nitrogens with zero attached hydrogens (tertiary/aromatic N) is 4. The van der Waals surface area contributed by atoms with Gasteiger partial charge in [-0.05, 0) is 19.1 Å². The molecule has 0 saturated carbocycles. The van der Waals surface area contributed by atoms with Crippen LogP contribution in [0.25, 0.3) is 11.4 Å². The quantitative estimate of drug-likeness (QED) is 0.763. The molecule has 5 heteroatoms. The summed E-state index contributed by atoms with van der Waals surface area (Å²) in [5, 5.41) is 4.25. The van der Waals surface area contributed by atoms with Crippen molar-refractivity contribution < 1.29 is 0 Å². The van der Waals surface area contributed by atoms with E-state index in [1.165, 1.54) is 0 Å². The van der Waals surface area contributed by atoms with Crippen LogP contribution < -0.4 is 5.73 Å². The van der Waals surface area contributed by atoms with E-state index in [4.69, 9.17) is 5.73 Å². The normalized spacial score (nSPS) is 10.4. The highest BCUT2D eigenvalue weighted by Crippen LogP contribution is 2.13. The lowest BCUT2D eigenvalue weighted by atomic mass is 10.3. The Kier molecular flexibility index (Phi) is 2.14. The molecule has 2 N–H and O–H groups in total. The number of rotatable bonds is 2. The summed E-state index contributed by atoms with van der Waals surface area (Å²) in [6.45, 7) is 2.83. The second-order valence-corrected chi connectivity index (χ2v) is 2.90. The molecule has 0 unspecified atom stereocenters. The molecule has 72 valence electrons. The highest BCUT2D eigenvalue weighted by Gasteiger charge is 2.02. The lowest BCUT2D eigenvalue weighted by Crippen LogP contribution is -1.94. The first-order valence-corrected chi connectivity index (χ1v) is 4.41. The molecule has 5 nitrogen and oxygen atoms in total. The van der Waals surface area contributed by atoms with Gasteiger partial charge >= 0.3 is 0 Å². The van der Waals surface area contributed by atoms with Crippen LogP contribution in [-0.4, -0.2) is 19.7 Å². The lowest BCUT2D eigenvalue weighted by Gasteiger charge is -1.95. The average molecular weight is 189 g/mol. The first kappa shape index (κ1) is 8.68. The number of hydrogen-bond acceptors (Lipinski definition) is 4. The summed E-state index contributed by atoms with van der Waals surface area (Å²) in [4.78, 5) is 8.14. The van der Waals surface area contributed by atoms with Gasteiger partial charge in [-0.3, -0.25) is 4.68 Å². The van der Waals surface area contributed by atoms with Crippen LogP contribution in [0.2, 0.25) is 0 Å². The van der Waals surface area contributed by atoms with Gasteiger partial charge in [0.25, 0.3) is 0 Å². The summed E-state index contributed by atoms with van der Waals surface area (Å²) < 4.78 is 1.77.